The van der Waals surface area contributed by atoms with E-state index >= 15 is 0 Å². The topological polar surface area (TPSA) is 51.2 Å². The first-order valence-corrected chi connectivity index (χ1v) is 9.10. The average Bonchev–Trinajstić information content (AvgIpc) is 3.08. The second-order valence-corrected chi connectivity index (χ2v) is 6.65. The van der Waals surface area contributed by atoms with Crippen LogP contribution >= 0.6 is 0 Å². The first-order valence-electron chi connectivity index (χ1n) is 9.10. The summed E-state index contributed by atoms with van der Waals surface area (Å²) in [5.74, 6) is 1.17. The molecule has 0 spiro atoms. The summed E-state index contributed by atoms with van der Waals surface area (Å²) in [5.41, 5.74) is 0. The molecule has 0 radical (unpaired) electrons. The molecule has 1 aliphatic heterocycles. The average molecular weight is 323 g/mol. The highest BCUT2D eigenvalue weighted by atomic mass is 16.2. The fraction of sp³-hybridized carbons (Fsp3) is 0.882. The fourth-order valence-corrected chi connectivity index (χ4v) is 3.50. The molecule has 23 heavy (non-hydrogen) atoms. The number of nitrogens with one attached hydrogen (secondary N) is 1. The Balaban J connectivity index is 1.81. The molecule has 2 fully saturated rings. The van der Waals surface area contributed by atoms with Crippen molar-refractivity contribution in [1.82, 2.24) is 20.0 Å². The van der Waals surface area contributed by atoms with Crippen molar-refractivity contribution in [3.05, 3.63) is 0 Å². The molecule has 0 aromatic heterocycles. The van der Waals surface area contributed by atoms with Crippen LogP contribution in [0.2, 0.25) is 0 Å². The molecule has 1 heterocycles. The summed E-state index contributed by atoms with van der Waals surface area (Å²) < 4.78 is 0. The van der Waals surface area contributed by atoms with Gasteiger partial charge >= 0.3 is 0 Å². The lowest BCUT2D eigenvalue weighted by Crippen LogP contribution is -2.53. The summed E-state index contributed by atoms with van der Waals surface area (Å²) in [7, 11) is 2.23. The lowest BCUT2D eigenvalue weighted by Gasteiger charge is -2.36. The molecule has 1 N–H and O–H groups in total. The third-order valence-corrected chi connectivity index (χ3v) is 5.02. The number of nitrogens with zero attached hydrogens (tertiary/aromatic N) is 4. The van der Waals surface area contributed by atoms with Gasteiger partial charge in [0.15, 0.2) is 5.96 Å². The van der Waals surface area contributed by atoms with Crippen molar-refractivity contribution in [2.75, 3.05) is 52.9 Å². The monoisotopic (exact) mass is 323 g/mol. The van der Waals surface area contributed by atoms with Crippen molar-refractivity contribution in [2.45, 2.75) is 45.6 Å². The van der Waals surface area contributed by atoms with Gasteiger partial charge in [-0.25, -0.2) is 0 Å². The van der Waals surface area contributed by atoms with E-state index in [0.29, 0.717) is 0 Å². The minimum atomic E-state index is 0.171. The Labute approximate surface area is 140 Å². The van der Waals surface area contributed by atoms with E-state index < -0.39 is 0 Å². The van der Waals surface area contributed by atoms with Crippen LogP contribution in [0.4, 0.5) is 0 Å². The van der Waals surface area contributed by atoms with Gasteiger partial charge in [0, 0.05) is 52.2 Å². The van der Waals surface area contributed by atoms with Gasteiger partial charge in [-0.3, -0.25) is 9.79 Å². The zero-order chi connectivity index (χ0) is 16.7. The van der Waals surface area contributed by atoms with Gasteiger partial charge < -0.3 is 20.0 Å². The second kappa shape index (κ2) is 9.11. The molecular weight excluding hydrogens is 290 g/mol. The minimum Gasteiger partial charge on any atom is -0.357 e. The lowest BCUT2D eigenvalue weighted by atomic mass is 10.2. The number of carbonyl (C=O) groups excluding carboxylic acids is 1. The molecule has 6 nitrogen and oxygen atoms in total. The van der Waals surface area contributed by atoms with Gasteiger partial charge in [0.25, 0.3) is 0 Å². The van der Waals surface area contributed by atoms with Crippen molar-refractivity contribution in [1.29, 1.82) is 0 Å². The number of carbonyl (C=O) groups is 1. The number of likely N-dealkylation sites (N-methyl/N-ethyl adjacent to an activating group) is 1. The molecule has 1 saturated heterocycles. The highest BCUT2D eigenvalue weighted by Crippen LogP contribution is 2.21. The SMILES string of the molecule is CCNC(=NCCN(C)C1CCCC1)N1CCN(C(C)=O)CC1. The summed E-state index contributed by atoms with van der Waals surface area (Å²) in [4.78, 5) is 22.9. The van der Waals surface area contributed by atoms with Gasteiger partial charge in [0.2, 0.25) is 5.91 Å². The minimum absolute atomic E-state index is 0.171. The maximum atomic E-state index is 11.4. The number of hydrogen-bond acceptors (Lipinski definition) is 3. The molecule has 132 valence electrons. The number of aliphatic imine (C=N–C) groups is 1. The van der Waals surface area contributed by atoms with Crippen LogP contribution in [-0.2, 0) is 4.79 Å². The van der Waals surface area contributed by atoms with E-state index in [1.807, 2.05) is 4.90 Å². The zero-order valence-electron chi connectivity index (χ0n) is 15.1. The summed E-state index contributed by atoms with van der Waals surface area (Å²) in [6.07, 6.45) is 5.43. The quantitative estimate of drug-likeness (QED) is 0.605. The first kappa shape index (κ1) is 18.0. The molecular formula is C17H33N5O. The maximum absolute atomic E-state index is 11.4. The maximum Gasteiger partial charge on any atom is 0.219 e. The van der Waals surface area contributed by atoms with Crippen LogP contribution in [0.25, 0.3) is 0 Å². The Morgan fingerprint density at radius 2 is 1.78 bits per heavy atom. The Hall–Kier alpha value is -1.30. The van der Waals surface area contributed by atoms with Crippen LogP contribution in [0.1, 0.15) is 39.5 Å². The molecule has 6 heteroatoms. The van der Waals surface area contributed by atoms with Gasteiger partial charge in [0.1, 0.15) is 0 Å². The van der Waals surface area contributed by atoms with Gasteiger partial charge in [0.05, 0.1) is 6.54 Å². The van der Waals surface area contributed by atoms with Crippen LogP contribution in [0.5, 0.6) is 0 Å². The zero-order valence-corrected chi connectivity index (χ0v) is 15.1. The molecule has 0 bridgehead atoms. The number of guanidine groups is 1. The van der Waals surface area contributed by atoms with Crippen molar-refractivity contribution in [3.8, 4) is 0 Å². The standard InChI is InChI=1S/C17H33N5O/c1-4-18-17(22-13-11-21(12-14-22)15(2)23)19-9-10-20(3)16-7-5-6-8-16/h16H,4-14H2,1-3H3,(H,18,19). The molecule has 1 saturated carbocycles. The lowest BCUT2D eigenvalue weighted by molar-refractivity contribution is -0.130. The third kappa shape index (κ3) is 5.37. The van der Waals surface area contributed by atoms with Crippen molar-refractivity contribution in [3.63, 3.8) is 0 Å². The Kier molecular flexibility index (Phi) is 7.15. The smallest absolute Gasteiger partial charge is 0.219 e. The molecule has 0 aromatic rings. The number of piperazine rings is 1. The van der Waals surface area contributed by atoms with E-state index in [4.69, 9.17) is 4.99 Å². The molecule has 0 aromatic carbocycles. The first-order chi connectivity index (χ1) is 11.1. The second-order valence-electron chi connectivity index (χ2n) is 6.65. The summed E-state index contributed by atoms with van der Waals surface area (Å²) in [6.45, 7) is 9.80. The van der Waals surface area contributed by atoms with Crippen LogP contribution in [0, 0.1) is 0 Å². The van der Waals surface area contributed by atoms with Crippen LogP contribution in [-0.4, -0.2) is 85.5 Å². The predicted molar refractivity (Wildman–Crippen MR) is 94.7 cm³/mol. The van der Waals surface area contributed by atoms with E-state index in [-0.39, 0.29) is 5.91 Å². The molecule has 1 aliphatic carbocycles. The largest absolute Gasteiger partial charge is 0.357 e. The number of amides is 1. The van der Waals surface area contributed by atoms with Crippen molar-refractivity contribution in [2.24, 2.45) is 4.99 Å². The number of hydrogen-bond donors (Lipinski definition) is 1. The molecule has 0 atom stereocenters. The Morgan fingerprint density at radius 1 is 1.17 bits per heavy atom. The predicted octanol–water partition coefficient (Wildman–Crippen LogP) is 0.990. The Morgan fingerprint density at radius 3 is 2.35 bits per heavy atom. The highest BCUT2D eigenvalue weighted by Gasteiger charge is 2.21. The Bertz CT molecular complexity index is 398. The summed E-state index contributed by atoms with van der Waals surface area (Å²) in [6, 6.07) is 0.756. The molecule has 2 aliphatic rings. The highest BCUT2D eigenvalue weighted by molar-refractivity contribution is 5.80. The third-order valence-electron chi connectivity index (χ3n) is 5.02. The van der Waals surface area contributed by atoms with Crippen LogP contribution in [0.3, 0.4) is 0 Å². The summed E-state index contributed by atoms with van der Waals surface area (Å²) in [5, 5.41) is 3.39. The van der Waals surface area contributed by atoms with Crippen molar-refractivity contribution < 1.29 is 4.79 Å². The van der Waals surface area contributed by atoms with E-state index in [9.17, 15) is 4.79 Å². The fourth-order valence-electron chi connectivity index (χ4n) is 3.50. The van der Waals surface area contributed by atoms with E-state index in [1.54, 1.807) is 6.92 Å². The normalized spacial score (nSPS) is 20.4. The van der Waals surface area contributed by atoms with Gasteiger partial charge in [-0.15, -0.1) is 0 Å². The van der Waals surface area contributed by atoms with E-state index in [2.05, 4.69) is 29.1 Å². The molecule has 0 unspecified atom stereocenters. The van der Waals surface area contributed by atoms with Gasteiger partial charge in [-0.1, -0.05) is 12.8 Å². The van der Waals surface area contributed by atoms with Crippen LogP contribution < -0.4 is 5.32 Å². The molecule has 2 rings (SSSR count). The van der Waals surface area contributed by atoms with Gasteiger partial charge in [-0.05, 0) is 26.8 Å². The van der Waals surface area contributed by atoms with E-state index in [0.717, 1.165) is 57.8 Å². The molecule has 1 amide bonds. The number of rotatable bonds is 5. The van der Waals surface area contributed by atoms with Gasteiger partial charge in [-0.2, -0.15) is 0 Å². The van der Waals surface area contributed by atoms with Crippen molar-refractivity contribution >= 4 is 11.9 Å². The van der Waals surface area contributed by atoms with Crippen LogP contribution in [0.15, 0.2) is 4.99 Å². The van der Waals surface area contributed by atoms with E-state index in [1.165, 1.54) is 25.7 Å². The summed E-state index contributed by atoms with van der Waals surface area (Å²) >= 11 is 0.